The Hall–Kier alpha value is -1.85. The molecule has 0 aliphatic carbocycles. The van der Waals surface area contributed by atoms with Gasteiger partial charge in [0, 0.05) is 6.08 Å². The van der Waals surface area contributed by atoms with E-state index in [1.807, 2.05) is 0 Å². The number of rotatable bonds is 3. The predicted octanol–water partition coefficient (Wildman–Crippen LogP) is 3.42. The van der Waals surface area contributed by atoms with E-state index in [1.54, 1.807) is 6.92 Å². The molecule has 1 rings (SSSR count). The molecule has 2 nitrogen and oxygen atoms in total. The quantitative estimate of drug-likeness (QED) is 0.474. The zero-order valence-electron chi connectivity index (χ0n) is 9.42. The third-order valence-corrected chi connectivity index (χ3v) is 1.95. The van der Waals surface area contributed by atoms with Crippen LogP contribution in [0.15, 0.2) is 24.3 Å². The molecular weight excluding hydrogens is 252 g/mol. The Morgan fingerprint density at radius 3 is 2.56 bits per heavy atom. The van der Waals surface area contributed by atoms with Gasteiger partial charge in [-0.25, -0.2) is 9.18 Å². The lowest BCUT2D eigenvalue weighted by Gasteiger charge is -2.07. The molecular formula is C12H10F4O2. The lowest BCUT2D eigenvalue weighted by molar-refractivity contribution is -0.138. The van der Waals surface area contributed by atoms with Gasteiger partial charge in [-0.2, -0.15) is 13.2 Å². The third kappa shape index (κ3) is 4.20. The number of carbonyl (C=O) groups is 1. The smallest absolute Gasteiger partial charge is 0.416 e. The Kier molecular flexibility index (Phi) is 4.47. The second-order valence-electron chi connectivity index (χ2n) is 3.36. The van der Waals surface area contributed by atoms with Crippen molar-refractivity contribution >= 4 is 12.0 Å². The van der Waals surface area contributed by atoms with Crippen LogP contribution in [0.3, 0.4) is 0 Å². The van der Waals surface area contributed by atoms with Crippen molar-refractivity contribution in [2.45, 2.75) is 13.1 Å². The standard InChI is InChI=1S/C12H10F4O2/c1-2-18-11(17)4-3-8-5-9(12(14,15)16)7-10(13)6-8/h3-7H,2H2,1H3. The maximum absolute atomic E-state index is 13.0. The minimum absolute atomic E-state index is 0.0598. The van der Waals surface area contributed by atoms with E-state index >= 15 is 0 Å². The van der Waals surface area contributed by atoms with E-state index in [9.17, 15) is 22.4 Å². The summed E-state index contributed by atoms with van der Waals surface area (Å²) in [5.41, 5.74) is -1.17. The monoisotopic (exact) mass is 262 g/mol. The molecule has 0 heterocycles. The summed E-state index contributed by atoms with van der Waals surface area (Å²) in [6.07, 6.45) is -2.62. The summed E-state index contributed by atoms with van der Waals surface area (Å²) in [7, 11) is 0. The number of esters is 1. The summed E-state index contributed by atoms with van der Waals surface area (Å²) in [5.74, 6) is -1.72. The highest BCUT2D eigenvalue weighted by molar-refractivity contribution is 5.87. The van der Waals surface area contributed by atoms with Crippen LogP contribution in [-0.2, 0) is 15.7 Å². The lowest BCUT2D eigenvalue weighted by atomic mass is 10.1. The molecule has 0 amide bonds. The molecule has 0 N–H and O–H groups in total. The van der Waals surface area contributed by atoms with Crippen LogP contribution in [0, 0.1) is 5.82 Å². The molecule has 0 aliphatic rings. The van der Waals surface area contributed by atoms with Gasteiger partial charge in [0.25, 0.3) is 0 Å². The van der Waals surface area contributed by atoms with Crippen LogP contribution in [0.4, 0.5) is 17.6 Å². The fourth-order valence-electron chi connectivity index (χ4n) is 1.23. The maximum atomic E-state index is 13.0. The molecule has 0 unspecified atom stereocenters. The van der Waals surface area contributed by atoms with Crippen LogP contribution in [-0.4, -0.2) is 12.6 Å². The van der Waals surface area contributed by atoms with E-state index in [0.717, 1.165) is 24.3 Å². The molecule has 1 aromatic rings. The lowest BCUT2D eigenvalue weighted by Crippen LogP contribution is -2.05. The van der Waals surface area contributed by atoms with Crippen LogP contribution in [0.2, 0.25) is 0 Å². The molecule has 0 radical (unpaired) electrons. The van der Waals surface area contributed by atoms with Gasteiger partial charge in [0.1, 0.15) is 5.82 Å². The zero-order chi connectivity index (χ0) is 13.8. The number of carbonyl (C=O) groups excluding carboxylic acids is 1. The van der Waals surface area contributed by atoms with Crippen molar-refractivity contribution in [3.8, 4) is 0 Å². The van der Waals surface area contributed by atoms with Gasteiger partial charge in [0.05, 0.1) is 12.2 Å². The third-order valence-electron chi connectivity index (χ3n) is 1.95. The molecule has 18 heavy (non-hydrogen) atoms. The second kappa shape index (κ2) is 5.66. The Labute approximate surface area is 101 Å². The minimum Gasteiger partial charge on any atom is -0.463 e. The molecule has 6 heteroatoms. The van der Waals surface area contributed by atoms with Crippen LogP contribution in [0.25, 0.3) is 6.08 Å². The first-order valence-corrected chi connectivity index (χ1v) is 5.05. The zero-order valence-corrected chi connectivity index (χ0v) is 9.42. The van der Waals surface area contributed by atoms with Crippen molar-refractivity contribution in [2.24, 2.45) is 0 Å². The average molecular weight is 262 g/mol. The summed E-state index contributed by atoms with van der Waals surface area (Å²) in [6, 6.07) is 2.03. The normalized spacial score (nSPS) is 11.8. The number of ether oxygens (including phenoxy) is 1. The predicted molar refractivity (Wildman–Crippen MR) is 57.1 cm³/mol. The summed E-state index contributed by atoms with van der Waals surface area (Å²) in [5, 5.41) is 0. The molecule has 0 aromatic heterocycles. The molecule has 0 fully saturated rings. The number of hydrogen-bond donors (Lipinski definition) is 0. The first-order chi connectivity index (χ1) is 8.32. The molecule has 98 valence electrons. The van der Waals surface area contributed by atoms with Gasteiger partial charge in [0.2, 0.25) is 0 Å². The highest BCUT2D eigenvalue weighted by Gasteiger charge is 2.31. The summed E-state index contributed by atoms with van der Waals surface area (Å²) in [6.45, 7) is 1.75. The first-order valence-electron chi connectivity index (χ1n) is 5.05. The highest BCUT2D eigenvalue weighted by atomic mass is 19.4. The molecule has 1 aromatic carbocycles. The van der Waals surface area contributed by atoms with Crippen molar-refractivity contribution in [3.05, 3.63) is 41.2 Å². The SMILES string of the molecule is CCOC(=O)C=Cc1cc(F)cc(C(F)(F)F)c1. The van der Waals surface area contributed by atoms with Crippen molar-refractivity contribution < 1.29 is 27.1 Å². The molecule has 0 saturated carbocycles. The van der Waals surface area contributed by atoms with Crippen LogP contribution >= 0.6 is 0 Å². The van der Waals surface area contributed by atoms with E-state index < -0.39 is 23.5 Å². The minimum atomic E-state index is -4.63. The Bertz CT molecular complexity index is 464. The van der Waals surface area contributed by atoms with Crippen molar-refractivity contribution in [3.63, 3.8) is 0 Å². The number of benzene rings is 1. The number of alkyl halides is 3. The Morgan fingerprint density at radius 2 is 2.00 bits per heavy atom. The van der Waals surface area contributed by atoms with Gasteiger partial charge in [-0.1, -0.05) is 0 Å². The van der Waals surface area contributed by atoms with E-state index in [2.05, 4.69) is 4.74 Å². The highest BCUT2D eigenvalue weighted by Crippen LogP contribution is 2.30. The second-order valence-corrected chi connectivity index (χ2v) is 3.36. The average Bonchev–Trinajstić information content (AvgIpc) is 2.25. The number of halogens is 4. The van der Waals surface area contributed by atoms with Gasteiger partial charge < -0.3 is 4.74 Å². The van der Waals surface area contributed by atoms with Gasteiger partial charge in [0.15, 0.2) is 0 Å². The van der Waals surface area contributed by atoms with E-state index in [4.69, 9.17) is 0 Å². The molecule has 0 aliphatic heterocycles. The Morgan fingerprint density at radius 1 is 1.33 bits per heavy atom. The topological polar surface area (TPSA) is 26.3 Å². The van der Waals surface area contributed by atoms with Gasteiger partial charge >= 0.3 is 12.1 Å². The summed E-state index contributed by atoms with van der Waals surface area (Å²) < 4.78 is 54.7. The largest absolute Gasteiger partial charge is 0.463 e. The van der Waals surface area contributed by atoms with E-state index in [1.165, 1.54) is 0 Å². The fourth-order valence-corrected chi connectivity index (χ4v) is 1.23. The van der Waals surface area contributed by atoms with Crippen molar-refractivity contribution in [1.29, 1.82) is 0 Å². The van der Waals surface area contributed by atoms with Gasteiger partial charge in [-0.05, 0) is 36.8 Å². The van der Waals surface area contributed by atoms with Crippen molar-refractivity contribution in [2.75, 3.05) is 6.61 Å². The van der Waals surface area contributed by atoms with Crippen LogP contribution < -0.4 is 0 Å². The van der Waals surface area contributed by atoms with E-state index in [-0.39, 0.29) is 12.2 Å². The molecule has 0 saturated heterocycles. The summed E-state index contributed by atoms with van der Waals surface area (Å²) >= 11 is 0. The van der Waals surface area contributed by atoms with Gasteiger partial charge in [-0.15, -0.1) is 0 Å². The van der Waals surface area contributed by atoms with Crippen LogP contribution in [0.1, 0.15) is 18.1 Å². The van der Waals surface area contributed by atoms with Crippen molar-refractivity contribution in [1.82, 2.24) is 0 Å². The number of hydrogen-bond acceptors (Lipinski definition) is 2. The Balaban J connectivity index is 2.97. The summed E-state index contributed by atoms with van der Waals surface area (Å²) in [4.78, 5) is 11.0. The fraction of sp³-hybridized carbons (Fsp3) is 0.250. The molecule has 0 spiro atoms. The molecule has 0 atom stereocenters. The van der Waals surface area contributed by atoms with E-state index in [0.29, 0.717) is 6.07 Å². The first kappa shape index (κ1) is 14.2. The molecule has 0 bridgehead atoms. The van der Waals surface area contributed by atoms with Gasteiger partial charge in [-0.3, -0.25) is 0 Å². The maximum Gasteiger partial charge on any atom is 0.416 e. The van der Waals surface area contributed by atoms with Crippen LogP contribution in [0.5, 0.6) is 0 Å².